The van der Waals surface area contributed by atoms with Gasteiger partial charge in [-0.25, -0.2) is 4.98 Å². The number of nitroso groups, excluding NO2 is 1. The third-order valence-corrected chi connectivity index (χ3v) is 1.29. The predicted molar refractivity (Wildman–Crippen MR) is 42.3 cm³/mol. The Morgan fingerprint density at radius 2 is 2.33 bits per heavy atom. The maximum Gasteiger partial charge on any atom is 0.267 e. The van der Waals surface area contributed by atoms with Crippen molar-refractivity contribution in [2.45, 2.75) is 6.54 Å². The Morgan fingerprint density at radius 3 is 2.92 bits per heavy atom. The standard InChI is InChI=1S/C7H7N3O2/c8-7(11)6-3-1-2-5(10-6)4-9-12/h1-3H,4H2,(H2,8,11). The largest absolute Gasteiger partial charge is 0.364 e. The minimum absolute atomic E-state index is 0.0406. The Labute approximate surface area is 68.6 Å². The van der Waals surface area contributed by atoms with Gasteiger partial charge in [0.15, 0.2) is 0 Å². The van der Waals surface area contributed by atoms with E-state index in [1.54, 1.807) is 12.1 Å². The molecule has 0 radical (unpaired) electrons. The van der Waals surface area contributed by atoms with Crippen LogP contribution in [-0.4, -0.2) is 10.9 Å². The number of pyridine rings is 1. The van der Waals surface area contributed by atoms with E-state index in [1.807, 2.05) is 0 Å². The lowest BCUT2D eigenvalue weighted by atomic mass is 10.3. The summed E-state index contributed by atoms with van der Waals surface area (Å²) in [6.07, 6.45) is 0. The van der Waals surface area contributed by atoms with Crippen molar-refractivity contribution in [1.29, 1.82) is 0 Å². The molecule has 0 unspecified atom stereocenters. The van der Waals surface area contributed by atoms with Crippen molar-refractivity contribution in [1.82, 2.24) is 4.98 Å². The predicted octanol–water partition coefficient (Wildman–Crippen LogP) is 0.447. The van der Waals surface area contributed by atoms with E-state index in [1.165, 1.54) is 6.07 Å². The molecule has 1 heterocycles. The highest BCUT2D eigenvalue weighted by molar-refractivity contribution is 5.90. The van der Waals surface area contributed by atoms with Crippen LogP contribution in [0.25, 0.3) is 0 Å². The number of amides is 1. The second kappa shape index (κ2) is 3.56. The van der Waals surface area contributed by atoms with Gasteiger partial charge in [-0.15, -0.1) is 0 Å². The number of nitrogens with two attached hydrogens (primary N) is 1. The minimum atomic E-state index is -0.609. The van der Waals surface area contributed by atoms with Gasteiger partial charge in [0.1, 0.15) is 12.2 Å². The van der Waals surface area contributed by atoms with Crippen LogP contribution < -0.4 is 5.73 Å². The van der Waals surface area contributed by atoms with Crippen LogP contribution in [0, 0.1) is 4.91 Å². The molecular formula is C7H7N3O2. The molecule has 62 valence electrons. The van der Waals surface area contributed by atoms with Crippen molar-refractivity contribution in [3.05, 3.63) is 34.5 Å². The van der Waals surface area contributed by atoms with E-state index in [4.69, 9.17) is 5.73 Å². The highest BCUT2D eigenvalue weighted by atomic mass is 16.3. The van der Waals surface area contributed by atoms with E-state index in [9.17, 15) is 9.70 Å². The Bertz CT molecular complexity index is 311. The van der Waals surface area contributed by atoms with Gasteiger partial charge in [-0.05, 0) is 12.1 Å². The molecule has 1 amide bonds. The van der Waals surface area contributed by atoms with E-state index < -0.39 is 5.91 Å². The van der Waals surface area contributed by atoms with Crippen LogP contribution >= 0.6 is 0 Å². The van der Waals surface area contributed by atoms with Gasteiger partial charge in [0.05, 0.1) is 5.69 Å². The molecule has 0 aromatic carbocycles. The molecule has 0 fully saturated rings. The van der Waals surface area contributed by atoms with E-state index in [-0.39, 0.29) is 12.2 Å². The maximum absolute atomic E-state index is 10.6. The van der Waals surface area contributed by atoms with Crippen molar-refractivity contribution in [2.75, 3.05) is 0 Å². The average molecular weight is 165 g/mol. The molecule has 0 saturated heterocycles. The smallest absolute Gasteiger partial charge is 0.267 e. The molecule has 0 bridgehead atoms. The van der Waals surface area contributed by atoms with Gasteiger partial charge in [0.25, 0.3) is 5.91 Å². The molecule has 0 spiro atoms. The van der Waals surface area contributed by atoms with Crippen LogP contribution in [-0.2, 0) is 6.54 Å². The minimum Gasteiger partial charge on any atom is -0.364 e. The first-order valence-electron chi connectivity index (χ1n) is 3.29. The summed E-state index contributed by atoms with van der Waals surface area (Å²) in [4.78, 5) is 24.3. The lowest BCUT2D eigenvalue weighted by Gasteiger charge is -1.96. The molecule has 0 aliphatic carbocycles. The molecule has 0 aliphatic rings. The molecule has 0 saturated carbocycles. The molecule has 12 heavy (non-hydrogen) atoms. The molecular weight excluding hydrogens is 158 g/mol. The first-order chi connectivity index (χ1) is 5.74. The number of aromatic nitrogens is 1. The molecule has 0 aliphatic heterocycles. The number of nitrogens with zero attached hydrogens (tertiary/aromatic N) is 2. The highest BCUT2D eigenvalue weighted by Crippen LogP contribution is 1.99. The van der Waals surface area contributed by atoms with E-state index in [2.05, 4.69) is 10.2 Å². The summed E-state index contributed by atoms with van der Waals surface area (Å²) < 4.78 is 0. The fourth-order valence-electron chi connectivity index (χ4n) is 0.771. The van der Waals surface area contributed by atoms with Crippen LogP contribution in [0.1, 0.15) is 16.2 Å². The summed E-state index contributed by atoms with van der Waals surface area (Å²) in [7, 11) is 0. The fraction of sp³-hybridized carbons (Fsp3) is 0.143. The number of hydrogen-bond acceptors (Lipinski definition) is 4. The van der Waals surface area contributed by atoms with Gasteiger partial charge in [-0.3, -0.25) is 4.79 Å². The van der Waals surface area contributed by atoms with Crippen LogP contribution in [0.4, 0.5) is 0 Å². The third-order valence-electron chi connectivity index (χ3n) is 1.29. The summed E-state index contributed by atoms with van der Waals surface area (Å²) in [5.41, 5.74) is 5.56. The second-order valence-corrected chi connectivity index (χ2v) is 2.17. The normalized spacial score (nSPS) is 9.33. The van der Waals surface area contributed by atoms with Crippen molar-refractivity contribution in [2.24, 2.45) is 10.9 Å². The molecule has 5 nitrogen and oxygen atoms in total. The Hall–Kier alpha value is -1.78. The van der Waals surface area contributed by atoms with Gasteiger partial charge in [-0.1, -0.05) is 11.2 Å². The zero-order valence-electron chi connectivity index (χ0n) is 6.23. The molecule has 1 aromatic heterocycles. The topological polar surface area (TPSA) is 85.4 Å². The number of hydrogen-bond donors (Lipinski definition) is 1. The van der Waals surface area contributed by atoms with Crippen LogP contribution in [0.3, 0.4) is 0 Å². The summed E-state index contributed by atoms with van der Waals surface area (Å²) in [6, 6.07) is 4.69. The van der Waals surface area contributed by atoms with E-state index >= 15 is 0 Å². The van der Waals surface area contributed by atoms with Crippen molar-refractivity contribution >= 4 is 5.91 Å². The lowest BCUT2D eigenvalue weighted by Crippen LogP contribution is -2.13. The number of primary amides is 1. The lowest BCUT2D eigenvalue weighted by molar-refractivity contribution is 0.0995. The van der Waals surface area contributed by atoms with Gasteiger partial charge in [0, 0.05) is 0 Å². The van der Waals surface area contributed by atoms with Crippen LogP contribution in [0.5, 0.6) is 0 Å². The van der Waals surface area contributed by atoms with E-state index in [0.717, 1.165) is 0 Å². The van der Waals surface area contributed by atoms with E-state index in [0.29, 0.717) is 5.69 Å². The summed E-state index contributed by atoms with van der Waals surface area (Å²) >= 11 is 0. The Morgan fingerprint density at radius 1 is 1.58 bits per heavy atom. The van der Waals surface area contributed by atoms with Crippen LogP contribution in [0.2, 0.25) is 0 Å². The first-order valence-corrected chi connectivity index (χ1v) is 3.29. The van der Waals surface area contributed by atoms with Gasteiger partial charge >= 0.3 is 0 Å². The number of carbonyl (C=O) groups excluding carboxylic acids is 1. The Balaban J connectivity index is 2.95. The van der Waals surface area contributed by atoms with Crippen molar-refractivity contribution in [3.8, 4) is 0 Å². The molecule has 1 rings (SSSR count). The van der Waals surface area contributed by atoms with Gasteiger partial charge in [-0.2, -0.15) is 4.91 Å². The second-order valence-electron chi connectivity index (χ2n) is 2.17. The fourth-order valence-corrected chi connectivity index (χ4v) is 0.771. The van der Waals surface area contributed by atoms with Gasteiger partial charge < -0.3 is 5.73 Å². The monoisotopic (exact) mass is 165 g/mol. The first kappa shape index (κ1) is 8.32. The quantitative estimate of drug-likeness (QED) is 0.659. The molecule has 2 N–H and O–H groups in total. The Kier molecular flexibility index (Phi) is 2.47. The number of carbonyl (C=O) groups is 1. The molecule has 5 heteroatoms. The maximum atomic E-state index is 10.6. The van der Waals surface area contributed by atoms with Crippen molar-refractivity contribution in [3.63, 3.8) is 0 Å². The average Bonchev–Trinajstić information content (AvgIpc) is 2.05. The number of rotatable bonds is 3. The summed E-state index contributed by atoms with van der Waals surface area (Å²) in [6.45, 7) is -0.0406. The summed E-state index contributed by atoms with van der Waals surface area (Å²) in [5, 5.41) is 2.64. The van der Waals surface area contributed by atoms with Crippen LogP contribution in [0.15, 0.2) is 23.4 Å². The zero-order valence-corrected chi connectivity index (χ0v) is 6.23. The van der Waals surface area contributed by atoms with Crippen molar-refractivity contribution < 1.29 is 4.79 Å². The zero-order chi connectivity index (χ0) is 8.97. The van der Waals surface area contributed by atoms with Gasteiger partial charge in [0.2, 0.25) is 0 Å². The summed E-state index contributed by atoms with van der Waals surface area (Å²) in [5.74, 6) is -0.609. The molecule has 1 aromatic rings. The third kappa shape index (κ3) is 1.85. The highest BCUT2D eigenvalue weighted by Gasteiger charge is 2.02. The SMILES string of the molecule is NC(=O)c1cccc(CN=O)n1. The molecule has 0 atom stereocenters.